The van der Waals surface area contributed by atoms with Gasteiger partial charge < -0.3 is 10.2 Å². The lowest BCUT2D eigenvalue weighted by Crippen LogP contribution is -2.54. The Morgan fingerprint density at radius 3 is 2.05 bits per heavy atom. The number of carbonyl (C=O) groups is 2. The fourth-order valence-corrected chi connectivity index (χ4v) is 6.56. The average Bonchev–Trinajstić information content (AvgIpc) is 2.99. The molecular formula is C35H38BrN3O4S. The number of anilines is 1. The lowest BCUT2D eigenvalue weighted by atomic mass is 10.0. The molecule has 0 bridgehead atoms. The Morgan fingerprint density at radius 1 is 0.818 bits per heavy atom. The van der Waals surface area contributed by atoms with Crippen molar-refractivity contribution in [3.05, 3.63) is 130 Å². The lowest BCUT2D eigenvalue weighted by molar-refractivity contribution is -0.140. The number of halogens is 1. The number of nitrogens with one attached hydrogen (secondary N) is 1. The second-order valence-electron chi connectivity index (χ2n) is 11.1. The maximum Gasteiger partial charge on any atom is 0.264 e. The molecule has 0 saturated carbocycles. The van der Waals surface area contributed by atoms with Crippen molar-refractivity contribution in [2.45, 2.75) is 57.6 Å². The van der Waals surface area contributed by atoms with Crippen molar-refractivity contribution in [3.8, 4) is 0 Å². The summed E-state index contributed by atoms with van der Waals surface area (Å²) in [6, 6.07) is 29.5. The van der Waals surface area contributed by atoms with E-state index in [2.05, 4.69) is 21.2 Å². The van der Waals surface area contributed by atoms with Crippen LogP contribution in [0.1, 0.15) is 36.1 Å². The van der Waals surface area contributed by atoms with E-state index in [9.17, 15) is 18.0 Å². The van der Waals surface area contributed by atoms with Crippen LogP contribution in [0.4, 0.5) is 5.69 Å². The van der Waals surface area contributed by atoms with E-state index in [1.165, 1.54) is 4.90 Å². The molecule has 0 aliphatic rings. The summed E-state index contributed by atoms with van der Waals surface area (Å²) in [5, 5.41) is 2.98. The van der Waals surface area contributed by atoms with Crippen LogP contribution in [-0.4, -0.2) is 43.8 Å². The Kier molecular flexibility index (Phi) is 11.0. The van der Waals surface area contributed by atoms with E-state index in [-0.39, 0.29) is 29.8 Å². The topological polar surface area (TPSA) is 86.8 Å². The van der Waals surface area contributed by atoms with E-state index in [1.54, 1.807) is 48.5 Å². The number of benzene rings is 4. The first-order valence-corrected chi connectivity index (χ1v) is 16.7. The zero-order valence-corrected chi connectivity index (χ0v) is 27.8. The molecule has 7 nitrogen and oxygen atoms in total. The highest BCUT2D eigenvalue weighted by Gasteiger charge is 2.35. The van der Waals surface area contributed by atoms with Gasteiger partial charge in [-0.1, -0.05) is 88.2 Å². The molecule has 44 heavy (non-hydrogen) atoms. The van der Waals surface area contributed by atoms with Gasteiger partial charge in [0.2, 0.25) is 11.8 Å². The van der Waals surface area contributed by atoms with Gasteiger partial charge in [0.05, 0.1) is 10.6 Å². The summed E-state index contributed by atoms with van der Waals surface area (Å²) in [4.78, 5) is 29.9. The quantitative estimate of drug-likeness (QED) is 0.188. The van der Waals surface area contributed by atoms with Gasteiger partial charge in [-0.15, -0.1) is 0 Å². The molecule has 4 aromatic rings. The van der Waals surface area contributed by atoms with Gasteiger partial charge in [-0.3, -0.25) is 13.9 Å². The number of carbonyl (C=O) groups excluding carboxylic acids is 2. The van der Waals surface area contributed by atoms with E-state index >= 15 is 0 Å². The maximum absolute atomic E-state index is 14.5. The van der Waals surface area contributed by atoms with Crippen molar-refractivity contribution in [1.29, 1.82) is 0 Å². The number of hydrogen-bond acceptors (Lipinski definition) is 4. The zero-order chi connectivity index (χ0) is 31.9. The highest BCUT2D eigenvalue weighted by Crippen LogP contribution is 2.27. The number of nitrogens with zero attached hydrogens (tertiary/aromatic N) is 2. The first kappa shape index (κ1) is 33.0. The van der Waals surface area contributed by atoms with Crippen LogP contribution < -0.4 is 9.62 Å². The Balaban J connectivity index is 1.81. The van der Waals surface area contributed by atoms with Gasteiger partial charge in [-0.25, -0.2) is 8.42 Å². The SMILES string of the molecule is Cc1ccc(S(=O)(=O)N(CC(=O)N(Cc2ccccc2C)[C@@H](Cc2ccccc2)C(=O)NC(C)C)c2ccc(Br)cc2)cc1. The first-order chi connectivity index (χ1) is 21.0. The molecule has 0 spiro atoms. The molecule has 4 aromatic carbocycles. The van der Waals surface area contributed by atoms with Crippen molar-refractivity contribution in [2.24, 2.45) is 0 Å². The van der Waals surface area contributed by atoms with Crippen LogP contribution in [0.5, 0.6) is 0 Å². The molecule has 0 unspecified atom stereocenters. The van der Waals surface area contributed by atoms with Gasteiger partial charge in [-0.05, 0) is 80.8 Å². The van der Waals surface area contributed by atoms with Gasteiger partial charge in [0.1, 0.15) is 12.6 Å². The molecule has 9 heteroatoms. The molecule has 1 N–H and O–H groups in total. The summed E-state index contributed by atoms with van der Waals surface area (Å²) in [6.07, 6.45) is 0.264. The zero-order valence-electron chi connectivity index (χ0n) is 25.4. The number of amides is 2. The van der Waals surface area contributed by atoms with Crippen LogP contribution in [0, 0.1) is 13.8 Å². The highest BCUT2D eigenvalue weighted by molar-refractivity contribution is 9.10. The minimum atomic E-state index is -4.15. The fourth-order valence-electron chi connectivity index (χ4n) is 4.88. The third-order valence-electron chi connectivity index (χ3n) is 7.31. The molecular weight excluding hydrogens is 638 g/mol. The number of sulfonamides is 1. The summed E-state index contributed by atoms with van der Waals surface area (Å²) >= 11 is 3.41. The third-order valence-corrected chi connectivity index (χ3v) is 9.62. The molecule has 0 saturated heterocycles. The fraction of sp³-hybridized carbons (Fsp3) is 0.257. The Labute approximate surface area is 269 Å². The second kappa shape index (κ2) is 14.7. The van der Waals surface area contributed by atoms with E-state index in [0.29, 0.717) is 5.69 Å². The predicted octanol–water partition coefficient (Wildman–Crippen LogP) is 6.43. The van der Waals surface area contributed by atoms with Crippen LogP contribution in [0.15, 0.2) is 112 Å². The molecule has 0 aromatic heterocycles. The minimum Gasteiger partial charge on any atom is -0.352 e. The van der Waals surface area contributed by atoms with E-state index < -0.39 is 28.5 Å². The van der Waals surface area contributed by atoms with Gasteiger partial charge in [-0.2, -0.15) is 0 Å². The standard InChI is InChI=1S/C35H38BrN3O4S/c1-25(2)37-35(41)33(22-28-11-6-5-7-12-28)38(23-29-13-9-8-10-27(29)4)34(40)24-39(31-18-16-30(36)17-19-31)44(42,43)32-20-14-26(3)15-21-32/h5-21,25,33H,22-24H2,1-4H3,(H,37,41)/t33-/m0/s1. The van der Waals surface area contributed by atoms with Crippen molar-refractivity contribution in [2.75, 3.05) is 10.8 Å². The molecule has 0 aliphatic heterocycles. The van der Waals surface area contributed by atoms with Crippen molar-refractivity contribution in [3.63, 3.8) is 0 Å². The molecule has 2 amide bonds. The van der Waals surface area contributed by atoms with Crippen LogP contribution in [0.3, 0.4) is 0 Å². The van der Waals surface area contributed by atoms with Gasteiger partial charge in [0, 0.05) is 23.5 Å². The predicted molar refractivity (Wildman–Crippen MR) is 179 cm³/mol. The van der Waals surface area contributed by atoms with Crippen LogP contribution >= 0.6 is 15.9 Å². The molecule has 230 valence electrons. The van der Waals surface area contributed by atoms with Crippen LogP contribution in [0.2, 0.25) is 0 Å². The van der Waals surface area contributed by atoms with E-state index in [0.717, 1.165) is 31.0 Å². The molecule has 0 radical (unpaired) electrons. The summed E-state index contributed by atoms with van der Waals surface area (Å²) in [5.74, 6) is -0.797. The van der Waals surface area contributed by atoms with Crippen LogP contribution in [0.25, 0.3) is 0 Å². The van der Waals surface area contributed by atoms with Gasteiger partial charge in [0.15, 0.2) is 0 Å². The second-order valence-corrected chi connectivity index (χ2v) is 13.9. The van der Waals surface area contributed by atoms with Crippen molar-refractivity contribution in [1.82, 2.24) is 10.2 Å². The molecule has 1 atom stereocenters. The monoisotopic (exact) mass is 675 g/mol. The maximum atomic E-state index is 14.5. The summed E-state index contributed by atoms with van der Waals surface area (Å²) < 4.78 is 30.1. The van der Waals surface area contributed by atoms with E-state index in [4.69, 9.17) is 0 Å². The van der Waals surface area contributed by atoms with Gasteiger partial charge in [0.25, 0.3) is 10.0 Å². The summed E-state index contributed by atoms with van der Waals surface area (Å²) in [7, 11) is -4.15. The van der Waals surface area contributed by atoms with E-state index in [1.807, 2.05) is 82.3 Å². The smallest absolute Gasteiger partial charge is 0.264 e. The minimum absolute atomic E-state index is 0.0719. The van der Waals surface area contributed by atoms with Crippen LogP contribution in [-0.2, 0) is 32.6 Å². The third kappa shape index (κ3) is 8.36. The average molecular weight is 677 g/mol. The lowest BCUT2D eigenvalue weighted by Gasteiger charge is -2.34. The number of aryl methyl sites for hydroxylation is 2. The molecule has 4 rings (SSSR count). The largest absolute Gasteiger partial charge is 0.352 e. The Bertz CT molecular complexity index is 1680. The highest BCUT2D eigenvalue weighted by atomic mass is 79.9. The molecule has 0 heterocycles. The molecule has 0 fully saturated rings. The molecule has 0 aliphatic carbocycles. The summed E-state index contributed by atoms with van der Waals surface area (Å²) in [5.41, 5.74) is 3.97. The first-order valence-electron chi connectivity index (χ1n) is 14.5. The summed E-state index contributed by atoms with van der Waals surface area (Å²) in [6.45, 7) is 7.21. The van der Waals surface area contributed by atoms with Crippen molar-refractivity contribution >= 4 is 43.5 Å². The normalized spacial score (nSPS) is 12.0. The Hall–Kier alpha value is -3.95. The number of hydrogen-bond donors (Lipinski definition) is 1. The van der Waals surface area contributed by atoms with Gasteiger partial charge >= 0.3 is 0 Å². The number of rotatable bonds is 12. The van der Waals surface area contributed by atoms with Crippen molar-refractivity contribution < 1.29 is 18.0 Å². The Morgan fingerprint density at radius 2 is 1.43 bits per heavy atom.